The summed E-state index contributed by atoms with van der Waals surface area (Å²) in [5, 5.41) is 13.1. The molecule has 0 unspecified atom stereocenters. The second-order valence-electron chi connectivity index (χ2n) is 6.71. The Balaban J connectivity index is 1.52. The number of carbonyl (C=O) groups is 1. The molecule has 1 amide bonds. The van der Waals surface area contributed by atoms with Crippen LogP contribution in [-0.2, 0) is 0 Å². The van der Waals surface area contributed by atoms with E-state index in [4.69, 9.17) is 11.6 Å². The first kappa shape index (κ1) is 16.6. The number of phenolic OH excluding ortho intramolecular Hbond substituents is 1. The van der Waals surface area contributed by atoms with Crippen molar-refractivity contribution in [2.45, 2.75) is 44.6 Å². The lowest BCUT2D eigenvalue weighted by molar-refractivity contribution is 0.0607. The summed E-state index contributed by atoms with van der Waals surface area (Å²) in [5.74, 6) is 0.560. The summed E-state index contributed by atoms with van der Waals surface area (Å²) < 4.78 is 0. The van der Waals surface area contributed by atoms with Crippen LogP contribution in [0.2, 0.25) is 5.02 Å². The second kappa shape index (κ2) is 7.54. The molecule has 1 heterocycles. The third-order valence-electron chi connectivity index (χ3n) is 5.25. The van der Waals surface area contributed by atoms with E-state index in [9.17, 15) is 9.90 Å². The number of amides is 1. The van der Waals surface area contributed by atoms with Gasteiger partial charge in [0.1, 0.15) is 5.75 Å². The number of nitrogens with one attached hydrogen (secondary N) is 1. The molecule has 2 aliphatic rings. The van der Waals surface area contributed by atoms with Crippen molar-refractivity contribution in [3.63, 3.8) is 0 Å². The monoisotopic (exact) mass is 336 g/mol. The highest BCUT2D eigenvalue weighted by molar-refractivity contribution is 6.31. The molecule has 2 atom stereocenters. The topological polar surface area (TPSA) is 52.6 Å². The van der Waals surface area contributed by atoms with Gasteiger partial charge < -0.3 is 10.4 Å². The number of benzene rings is 1. The maximum absolute atomic E-state index is 12.2. The van der Waals surface area contributed by atoms with Crippen molar-refractivity contribution in [3.8, 4) is 5.75 Å². The Hall–Kier alpha value is -1.26. The summed E-state index contributed by atoms with van der Waals surface area (Å²) in [5.41, 5.74) is 0.242. The zero-order valence-corrected chi connectivity index (χ0v) is 14.2. The Labute approximate surface area is 142 Å². The Morgan fingerprint density at radius 3 is 2.91 bits per heavy atom. The molecule has 3 rings (SSSR count). The van der Waals surface area contributed by atoms with Crippen molar-refractivity contribution in [1.29, 1.82) is 0 Å². The number of likely N-dealkylation sites (tertiary alicyclic amines) is 1. The SMILES string of the molecule is O=C(NCCN1CCC[C@@H]2CCCC[C@@H]21)c1cc(Cl)ccc1O. The highest BCUT2D eigenvalue weighted by atomic mass is 35.5. The average Bonchev–Trinajstić information content (AvgIpc) is 2.57. The normalized spacial score (nSPS) is 24.9. The summed E-state index contributed by atoms with van der Waals surface area (Å²) in [7, 11) is 0. The van der Waals surface area contributed by atoms with Gasteiger partial charge in [0.05, 0.1) is 5.56 Å². The number of nitrogens with zero attached hydrogens (tertiary/aromatic N) is 1. The third kappa shape index (κ3) is 3.99. The van der Waals surface area contributed by atoms with Gasteiger partial charge in [-0.25, -0.2) is 0 Å². The van der Waals surface area contributed by atoms with Crippen LogP contribution in [-0.4, -0.2) is 41.6 Å². The predicted octanol–water partition coefficient (Wildman–Crippen LogP) is 3.43. The summed E-state index contributed by atoms with van der Waals surface area (Å²) >= 11 is 5.89. The number of carbonyl (C=O) groups excluding carboxylic acids is 1. The molecule has 0 spiro atoms. The molecule has 23 heavy (non-hydrogen) atoms. The van der Waals surface area contributed by atoms with Gasteiger partial charge in [0.25, 0.3) is 5.91 Å². The van der Waals surface area contributed by atoms with Crippen LogP contribution in [0, 0.1) is 5.92 Å². The van der Waals surface area contributed by atoms with E-state index in [2.05, 4.69) is 10.2 Å². The fourth-order valence-corrected chi connectivity index (χ4v) is 4.28. The van der Waals surface area contributed by atoms with Gasteiger partial charge in [-0.15, -0.1) is 0 Å². The molecule has 1 aromatic rings. The molecular formula is C18H25ClN2O2. The van der Waals surface area contributed by atoms with Crippen LogP contribution < -0.4 is 5.32 Å². The van der Waals surface area contributed by atoms with E-state index in [1.165, 1.54) is 50.7 Å². The Morgan fingerprint density at radius 2 is 2.04 bits per heavy atom. The number of halogens is 1. The van der Waals surface area contributed by atoms with Crippen LogP contribution in [0.15, 0.2) is 18.2 Å². The van der Waals surface area contributed by atoms with Gasteiger partial charge in [0.2, 0.25) is 0 Å². The lowest BCUT2D eigenvalue weighted by atomic mass is 9.78. The highest BCUT2D eigenvalue weighted by Crippen LogP contribution is 2.34. The number of hydrogen-bond donors (Lipinski definition) is 2. The van der Waals surface area contributed by atoms with Crippen LogP contribution in [0.3, 0.4) is 0 Å². The molecule has 1 aromatic carbocycles. The summed E-state index contributed by atoms with van der Waals surface area (Å²) in [4.78, 5) is 14.7. The molecule has 1 saturated carbocycles. The van der Waals surface area contributed by atoms with Gasteiger partial charge in [0.15, 0.2) is 0 Å². The van der Waals surface area contributed by atoms with Gasteiger partial charge in [-0.05, 0) is 56.3 Å². The Morgan fingerprint density at radius 1 is 1.26 bits per heavy atom. The minimum Gasteiger partial charge on any atom is -0.507 e. The lowest BCUT2D eigenvalue weighted by Crippen LogP contribution is -2.49. The van der Waals surface area contributed by atoms with Gasteiger partial charge in [-0.2, -0.15) is 0 Å². The molecule has 1 aliphatic heterocycles. The number of fused-ring (bicyclic) bond motifs is 1. The molecule has 2 N–H and O–H groups in total. The first-order valence-electron chi connectivity index (χ1n) is 8.66. The quantitative estimate of drug-likeness (QED) is 0.885. The van der Waals surface area contributed by atoms with Gasteiger partial charge >= 0.3 is 0 Å². The lowest BCUT2D eigenvalue weighted by Gasteiger charge is -2.44. The fourth-order valence-electron chi connectivity index (χ4n) is 4.10. The maximum atomic E-state index is 12.2. The Kier molecular flexibility index (Phi) is 5.44. The first-order valence-corrected chi connectivity index (χ1v) is 9.03. The summed E-state index contributed by atoms with van der Waals surface area (Å²) in [6, 6.07) is 5.23. The first-order chi connectivity index (χ1) is 11.1. The molecule has 1 aliphatic carbocycles. The predicted molar refractivity (Wildman–Crippen MR) is 92.0 cm³/mol. The third-order valence-corrected chi connectivity index (χ3v) is 5.48. The second-order valence-corrected chi connectivity index (χ2v) is 7.14. The minimum absolute atomic E-state index is 0.0304. The molecule has 5 heteroatoms. The standard InChI is InChI=1S/C18H25ClN2O2/c19-14-7-8-17(22)15(12-14)18(23)20-9-11-21-10-3-5-13-4-1-2-6-16(13)21/h7-8,12-13,16,22H,1-6,9-11H2,(H,20,23)/t13-,16-/m0/s1. The van der Waals surface area contributed by atoms with Crippen molar-refractivity contribution >= 4 is 17.5 Å². The molecule has 1 saturated heterocycles. The summed E-state index contributed by atoms with van der Waals surface area (Å²) in [6.07, 6.45) is 8.01. The number of piperidine rings is 1. The number of aromatic hydroxyl groups is 1. The zero-order valence-electron chi connectivity index (χ0n) is 13.4. The van der Waals surface area contributed by atoms with Crippen molar-refractivity contribution in [3.05, 3.63) is 28.8 Å². The molecular weight excluding hydrogens is 312 g/mol. The van der Waals surface area contributed by atoms with E-state index >= 15 is 0 Å². The molecule has 126 valence electrons. The van der Waals surface area contributed by atoms with Gasteiger partial charge in [-0.1, -0.05) is 24.4 Å². The van der Waals surface area contributed by atoms with Crippen molar-refractivity contribution in [2.75, 3.05) is 19.6 Å². The van der Waals surface area contributed by atoms with Crippen LogP contribution in [0.5, 0.6) is 5.75 Å². The highest BCUT2D eigenvalue weighted by Gasteiger charge is 2.32. The average molecular weight is 337 g/mol. The van der Waals surface area contributed by atoms with E-state index in [0.29, 0.717) is 17.6 Å². The van der Waals surface area contributed by atoms with E-state index in [1.54, 1.807) is 6.07 Å². The molecule has 4 nitrogen and oxygen atoms in total. The molecule has 0 bridgehead atoms. The number of phenols is 1. The van der Waals surface area contributed by atoms with Crippen LogP contribution in [0.4, 0.5) is 0 Å². The van der Waals surface area contributed by atoms with E-state index in [1.807, 2.05) is 0 Å². The van der Waals surface area contributed by atoms with Gasteiger partial charge in [0, 0.05) is 24.2 Å². The van der Waals surface area contributed by atoms with Crippen molar-refractivity contribution < 1.29 is 9.90 Å². The van der Waals surface area contributed by atoms with Crippen LogP contribution in [0.1, 0.15) is 48.9 Å². The number of rotatable bonds is 4. The van der Waals surface area contributed by atoms with Crippen LogP contribution in [0.25, 0.3) is 0 Å². The molecule has 2 fully saturated rings. The smallest absolute Gasteiger partial charge is 0.255 e. The van der Waals surface area contributed by atoms with Crippen molar-refractivity contribution in [2.24, 2.45) is 5.92 Å². The zero-order chi connectivity index (χ0) is 16.2. The maximum Gasteiger partial charge on any atom is 0.255 e. The summed E-state index contributed by atoms with van der Waals surface area (Å²) in [6.45, 7) is 2.63. The molecule has 0 aromatic heterocycles. The van der Waals surface area contributed by atoms with Crippen molar-refractivity contribution in [1.82, 2.24) is 10.2 Å². The Bertz CT molecular complexity index is 562. The van der Waals surface area contributed by atoms with E-state index < -0.39 is 0 Å². The van der Waals surface area contributed by atoms with E-state index in [-0.39, 0.29) is 17.2 Å². The minimum atomic E-state index is -0.262. The number of hydrogen-bond acceptors (Lipinski definition) is 3. The van der Waals surface area contributed by atoms with E-state index in [0.717, 1.165) is 19.0 Å². The fraction of sp³-hybridized carbons (Fsp3) is 0.611. The van der Waals surface area contributed by atoms with Gasteiger partial charge in [-0.3, -0.25) is 9.69 Å². The van der Waals surface area contributed by atoms with Crippen LogP contribution >= 0.6 is 11.6 Å². The molecule has 0 radical (unpaired) electrons. The largest absolute Gasteiger partial charge is 0.507 e.